The second-order valence-corrected chi connectivity index (χ2v) is 2.30. The van der Waals surface area contributed by atoms with Gasteiger partial charge >= 0.3 is 0 Å². The molecule has 12 heavy (non-hydrogen) atoms. The summed E-state index contributed by atoms with van der Waals surface area (Å²) >= 11 is 0. The lowest BCUT2D eigenvalue weighted by molar-refractivity contribution is 0.961. The number of hydrogen-bond acceptors (Lipinski definition) is 4. The van der Waals surface area contributed by atoms with Gasteiger partial charge in [-0.25, -0.2) is 9.97 Å². The van der Waals surface area contributed by atoms with Gasteiger partial charge in [0.25, 0.3) is 0 Å². The minimum atomic E-state index is 0.205. The van der Waals surface area contributed by atoms with Crippen molar-refractivity contribution in [3.05, 3.63) is 18.1 Å². The molecule has 0 aliphatic carbocycles. The maximum Gasteiger partial charge on any atom is 0.234 e. The van der Waals surface area contributed by atoms with Gasteiger partial charge in [-0.05, 0) is 12.5 Å². The van der Waals surface area contributed by atoms with E-state index in [-0.39, 0.29) is 5.82 Å². The van der Waals surface area contributed by atoms with Crippen molar-refractivity contribution < 1.29 is 0 Å². The molecule has 0 saturated carbocycles. The molecule has 0 saturated heterocycles. The molecule has 1 rings (SSSR count). The lowest BCUT2D eigenvalue weighted by atomic mass is 10.4. The van der Waals surface area contributed by atoms with Gasteiger partial charge in [0.2, 0.25) is 5.82 Å². The van der Waals surface area contributed by atoms with Crippen LogP contribution in [0, 0.1) is 11.3 Å². The molecule has 0 aliphatic rings. The molecule has 0 fully saturated rings. The van der Waals surface area contributed by atoms with Gasteiger partial charge in [0.1, 0.15) is 11.9 Å². The van der Waals surface area contributed by atoms with E-state index < -0.39 is 0 Å². The molecule has 0 unspecified atom stereocenters. The summed E-state index contributed by atoms with van der Waals surface area (Å²) in [5.41, 5.74) is 0. The quantitative estimate of drug-likeness (QED) is 0.724. The first-order chi connectivity index (χ1) is 5.86. The highest BCUT2D eigenvalue weighted by Crippen LogP contribution is 2.00. The summed E-state index contributed by atoms with van der Waals surface area (Å²) in [5.74, 6) is 0.916. The highest BCUT2D eigenvalue weighted by atomic mass is 15.0. The molecule has 0 bridgehead atoms. The first kappa shape index (κ1) is 8.47. The number of aromatic nitrogens is 2. The maximum atomic E-state index is 8.48. The monoisotopic (exact) mass is 162 g/mol. The van der Waals surface area contributed by atoms with Crippen molar-refractivity contribution in [2.45, 2.75) is 13.3 Å². The van der Waals surface area contributed by atoms with E-state index in [2.05, 4.69) is 22.2 Å². The molecular formula is C8H10N4. The van der Waals surface area contributed by atoms with E-state index in [1.807, 2.05) is 6.07 Å². The predicted octanol–water partition coefficient (Wildman–Crippen LogP) is 1.17. The van der Waals surface area contributed by atoms with Gasteiger partial charge in [0, 0.05) is 12.7 Å². The van der Waals surface area contributed by atoms with Crippen LogP contribution in [0.2, 0.25) is 0 Å². The first-order valence-corrected chi connectivity index (χ1v) is 3.84. The van der Waals surface area contributed by atoms with Crippen molar-refractivity contribution >= 4 is 5.82 Å². The summed E-state index contributed by atoms with van der Waals surface area (Å²) in [6, 6.07) is 3.63. The van der Waals surface area contributed by atoms with Crippen LogP contribution >= 0.6 is 0 Å². The largest absolute Gasteiger partial charge is 0.370 e. The summed E-state index contributed by atoms with van der Waals surface area (Å²) in [6.45, 7) is 2.93. The second-order valence-electron chi connectivity index (χ2n) is 2.30. The van der Waals surface area contributed by atoms with Crippen LogP contribution in [0.4, 0.5) is 5.82 Å². The van der Waals surface area contributed by atoms with Gasteiger partial charge in [-0.15, -0.1) is 0 Å². The number of hydrogen-bond donors (Lipinski definition) is 1. The fourth-order valence-corrected chi connectivity index (χ4v) is 0.764. The SMILES string of the molecule is CCCNc1ccnc(C#N)n1. The van der Waals surface area contributed by atoms with Crippen molar-refractivity contribution in [3.8, 4) is 6.07 Å². The van der Waals surface area contributed by atoms with E-state index in [0.29, 0.717) is 5.82 Å². The minimum Gasteiger partial charge on any atom is -0.370 e. The van der Waals surface area contributed by atoms with Gasteiger partial charge in [0.05, 0.1) is 0 Å². The number of rotatable bonds is 3. The molecule has 1 N–H and O–H groups in total. The van der Waals surface area contributed by atoms with Crippen LogP contribution in [0.1, 0.15) is 19.2 Å². The molecule has 4 nitrogen and oxygen atoms in total. The van der Waals surface area contributed by atoms with Gasteiger partial charge in [-0.1, -0.05) is 6.92 Å². The van der Waals surface area contributed by atoms with Crippen molar-refractivity contribution in [3.63, 3.8) is 0 Å². The van der Waals surface area contributed by atoms with Crippen LogP contribution in [0.25, 0.3) is 0 Å². The molecule has 1 aromatic rings. The van der Waals surface area contributed by atoms with Crippen molar-refractivity contribution in [2.24, 2.45) is 0 Å². The Morgan fingerprint density at radius 2 is 2.50 bits per heavy atom. The zero-order valence-electron chi connectivity index (χ0n) is 6.91. The van der Waals surface area contributed by atoms with Crippen LogP contribution in [0.5, 0.6) is 0 Å². The smallest absolute Gasteiger partial charge is 0.234 e. The standard InChI is InChI=1S/C8H10N4/c1-2-4-10-7-3-5-11-8(6-9)12-7/h3,5H,2,4H2,1H3,(H,10,11,12). The molecular weight excluding hydrogens is 152 g/mol. The van der Waals surface area contributed by atoms with E-state index in [9.17, 15) is 0 Å². The highest BCUT2D eigenvalue weighted by molar-refractivity contribution is 5.34. The fraction of sp³-hybridized carbons (Fsp3) is 0.375. The summed E-state index contributed by atoms with van der Waals surface area (Å²) in [4.78, 5) is 7.70. The number of nitriles is 1. The third-order valence-electron chi connectivity index (χ3n) is 1.31. The van der Waals surface area contributed by atoms with Crippen LogP contribution in [-0.2, 0) is 0 Å². The lowest BCUT2D eigenvalue weighted by Gasteiger charge is -2.01. The van der Waals surface area contributed by atoms with Crippen LogP contribution in [0.3, 0.4) is 0 Å². The average Bonchev–Trinajstić information content (AvgIpc) is 2.15. The van der Waals surface area contributed by atoms with Crippen LogP contribution < -0.4 is 5.32 Å². The van der Waals surface area contributed by atoms with E-state index in [0.717, 1.165) is 13.0 Å². The summed E-state index contributed by atoms with van der Waals surface area (Å²) in [7, 11) is 0. The van der Waals surface area contributed by atoms with Gasteiger partial charge < -0.3 is 5.32 Å². The third kappa shape index (κ3) is 2.20. The topological polar surface area (TPSA) is 61.6 Å². The zero-order valence-corrected chi connectivity index (χ0v) is 6.91. The summed E-state index contributed by atoms with van der Waals surface area (Å²) in [5, 5.41) is 11.6. The van der Waals surface area contributed by atoms with E-state index >= 15 is 0 Å². The number of nitrogens with zero attached hydrogens (tertiary/aromatic N) is 3. The van der Waals surface area contributed by atoms with Crippen LogP contribution in [0.15, 0.2) is 12.3 Å². The molecule has 0 atom stereocenters. The Labute approximate surface area is 71.3 Å². The summed E-state index contributed by atoms with van der Waals surface area (Å²) < 4.78 is 0. The number of anilines is 1. The molecule has 0 aliphatic heterocycles. The van der Waals surface area contributed by atoms with E-state index in [4.69, 9.17) is 5.26 Å². The number of nitrogens with one attached hydrogen (secondary N) is 1. The molecule has 1 aromatic heterocycles. The molecule has 0 amide bonds. The van der Waals surface area contributed by atoms with Gasteiger partial charge in [-0.3, -0.25) is 0 Å². The second kappa shape index (κ2) is 4.29. The maximum absolute atomic E-state index is 8.48. The fourth-order valence-electron chi connectivity index (χ4n) is 0.764. The van der Waals surface area contributed by atoms with E-state index in [1.165, 1.54) is 0 Å². The van der Waals surface area contributed by atoms with Gasteiger partial charge in [0.15, 0.2) is 0 Å². The minimum absolute atomic E-state index is 0.205. The van der Waals surface area contributed by atoms with Crippen molar-refractivity contribution in [1.82, 2.24) is 9.97 Å². The molecule has 0 radical (unpaired) electrons. The van der Waals surface area contributed by atoms with Gasteiger partial charge in [-0.2, -0.15) is 5.26 Å². The molecule has 0 aromatic carbocycles. The molecule has 0 spiro atoms. The van der Waals surface area contributed by atoms with Crippen molar-refractivity contribution in [2.75, 3.05) is 11.9 Å². The van der Waals surface area contributed by atoms with Crippen molar-refractivity contribution in [1.29, 1.82) is 5.26 Å². The highest BCUT2D eigenvalue weighted by Gasteiger charge is 1.94. The Morgan fingerprint density at radius 3 is 3.17 bits per heavy atom. The van der Waals surface area contributed by atoms with E-state index in [1.54, 1.807) is 12.3 Å². The average molecular weight is 162 g/mol. The molecule has 62 valence electrons. The Morgan fingerprint density at radius 1 is 1.67 bits per heavy atom. The first-order valence-electron chi connectivity index (χ1n) is 3.84. The zero-order chi connectivity index (χ0) is 8.81. The summed E-state index contributed by atoms with van der Waals surface area (Å²) in [6.07, 6.45) is 2.61. The Bertz CT molecular complexity index is 289. The normalized spacial score (nSPS) is 9.00. The molecule has 4 heteroatoms. The lowest BCUT2D eigenvalue weighted by Crippen LogP contribution is -2.03. The predicted molar refractivity (Wildman–Crippen MR) is 45.5 cm³/mol. The molecule has 1 heterocycles. The third-order valence-corrected chi connectivity index (χ3v) is 1.31. The van der Waals surface area contributed by atoms with Crippen LogP contribution in [-0.4, -0.2) is 16.5 Å². The Balaban J connectivity index is 2.68. The Hall–Kier alpha value is -1.63. The Kier molecular flexibility index (Phi) is 3.03.